The molecule has 0 heterocycles. The molecule has 0 spiro atoms. The first-order valence-corrected chi connectivity index (χ1v) is 3.13. The lowest BCUT2D eigenvalue weighted by Gasteiger charge is -2.01. The predicted molar refractivity (Wildman–Crippen MR) is 39.7 cm³/mol. The first-order chi connectivity index (χ1) is 4.57. The molecule has 3 nitrogen and oxygen atoms in total. The number of aliphatic hydroxyl groups is 1. The zero-order chi connectivity index (χ0) is 8.15. The minimum atomic E-state index is 0.0549. The number of rotatable bonds is 3. The molecule has 0 fully saturated rings. The third-order valence-corrected chi connectivity index (χ3v) is 1.16. The van der Waals surface area contributed by atoms with E-state index in [0.717, 1.165) is 0 Å². The Morgan fingerprint density at radius 3 is 2.30 bits per heavy atom. The molecule has 0 aliphatic heterocycles. The number of ketones is 1. The largest absolute Gasteiger partial charge is 0.495 e. The van der Waals surface area contributed by atoms with Gasteiger partial charge < -0.3 is 10.4 Å². The first kappa shape index (κ1) is 9.01. The van der Waals surface area contributed by atoms with E-state index in [9.17, 15) is 4.79 Å². The van der Waals surface area contributed by atoms with E-state index in [-0.39, 0.29) is 11.7 Å². The Labute approximate surface area is 60.7 Å². The molecule has 0 unspecified atom stereocenters. The topological polar surface area (TPSA) is 49.3 Å². The Kier molecular flexibility index (Phi) is 3.54. The molecule has 0 rings (SSSR count). The highest BCUT2D eigenvalue weighted by molar-refractivity contribution is 5.78. The number of hydrogen-bond acceptors (Lipinski definition) is 3. The van der Waals surface area contributed by atoms with Crippen LogP contribution in [0, 0.1) is 0 Å². The Hall–Kier alpha value is -0.990. The van der Waals surface area contributed by atoms with Crippen molar-refractivity contribution in [2.75, 3.05) is 7.05 Å². The molecule has 0 aliphatic rings. The quantitative estimate of drug-likeness (QED) is 0.579. The fourth-order valence-corrected chi connectivity index (χ4v) is 0.671. The molecule has 0 aromatic carbocycles. The lowest BCUT2D eigenvalue weighted by Crippen LogP contribution is -2.08. The minimum Gasteiger partial charge on any atom is -0.495 e. The van der Waals surface area contributed by atoms with Crippen LogP contribution in [0.25, 0.3) is 0 Å². The van der Waals surface area contributed by atoms with Crippen LogP contribution in [0.15, 0.2) is 11.5 Å². The summed E-state index contributed by atoms with van der Waals surface area (Å²) in [7, 11) is 1.61. The molecule has 0 radical (unpaired) electrons. The van der Waals surface area contributed by atoms with Crippen molar-refractivity contribution < 1.29 is 9.90 Å². The van der Waals surface area contributed by atoms with E-state index in [1.54, 1.807) is 14.0 Å². The van der Waals surface area contributed by atoms with E-state index in [4.69, 9.17) is 5.11 Å². The zero-order valence-electron chi connectivity index (χ0n) is 6.56. The maximum atomic E-state index is 10.5. The summed E-state index contributed by atoms with van der Waals surface area (Å²) in [6, 6.07) is 0. The summed E-state index contributed by atoms with van der Waals surface area (Å²) >= 11 is 0. The van der Waals surface area contributed by atoms with Crippen LogP contribution in [-0.4, -0.2) is 17.9 Å². The number of nitrogens with one attached hydrogen (secondary N) is 1. The van der Waals surface area contributed by atoms with E-state index in [1.165, 1.54) is 6.92 Å². The molecule has 0 aliphatic carbocycles. The van der Waals surface area contributed by atoms with Crippen LogP contribution < -0.4 is 5.32 Å². The van der Waals surface area contributed by atoms with Crippen molar-refractivity contribution in [1.82, 2.24) is 5.32 Å². The second-order valence-corrected chi connectivity index (χ2v) is 2.26. The number of allylic oxidation sites excluding steroid dienone is 1. The van der Waals surface area contributed by atoms with Crippen LogP contribution in [0.2, 0.25) is 0 Å². The molecule has 0 amide bonds. The van der Waals surface area contributed by atoms with Crippen LogP contribution in [0.1, 0.15) is 20.3 Å². The SMILES string of the molecule is CNC(O)=C(C)CC(C)=O. The van der Waals surface area contributed by atoms with E-state index in [1.807, 2.05) is 0 Å². The second-order valence-electron chi connectivity index (χ2n) is 2.26. The van der Waals surface area contributed by atoms with Crippen molar-refractivity contribution in [3.05, 3.63) is 11.5 Å². The molecule has 0 saturated heterocycles. The van der Waals surface area contributed by atoms with E-state index >= 15 is 0 Å². The summed E-state index contributed by atoms with van der Waals surface area (Å²) in [6.45, 7) is 3.21. The van der Waals surface area contributed by atoms with E-state index in [2.05, 4.69) is 5.32 Å². The zero-order valence-corrected chi connectivity index (χ0v) is 6.56. The van der Waals surface area contributed by atoms with Gasteiger partial charge in [0.15, 0.2) is 5.88 Å². The number of aliphatic hydroxyl groups excluding tert-OH is 1. The van der Waals surface area contributed by atoms with Crippen molar-refractivity contribution in [2.24, 2.45) is 0 Å². The normalized spacial score (nSPS) is 12.3. The van der Waals surface area contributed by atoms with Gasteiger partial charge in [-0.25, -0.2) is 0 Å². The van der Waals surface area contributed by atoms with Crippen LogP contribution in [0.3, 0.4) is 0 Å². The van der Waals surface area contributed by atoms with Gasteiger partial charge in [0.25, 0.3) is 0 Å². The highest BCUT2D eigenvalue weighted by Gasteiger charge is 2.00. The first-order valence-electron chi connectivity index (χ1n) is 3.13. The van der Waals surface area contributed by atoms with Gasteiger partial charge in [-0.2, -0.15) is 0 Å². The summed E-state index contributed by atoms with van der Waals surface area (Å²) in [5.41, 5.74) is 0.676. The lowest BCUT2D eigenvalue weighted by atomic mass is 10.2. The Morgan fingerprint density at radius 2 is 2.00 bits per heavy atom. The molecule has 0 bridgehead atoms. The maximum Gasteiger partial charge on any atom is 0.183 e. The average molecular weight is 143 g/mol. The molecule has 0 saturated carbocycles. The number of hydrogen-bond donors (Lipinski definition) is 2. The maximum absolute atomic E-state index is 10.5. The van der Waals surface area contributed by atoms with Gasteiger partial charge in [-0.1, -0.05) is 0 Å². The molecule has 0 aromatic rings. The fraction of sp³-hybridized carbons (Fsp3) is 0.571. The second kappa shape index (κ2) is 3.93. The van der Waals surface area contributed by atoms with Gasteiger partial charge in [0.1, 0.15) is 5.78 Å². The van der Waals surface area contributed by atoms with Crippen molar-refractivity contribution >= 4 is 5.78 Å². The smallest absolute Gasteiger partial charge is 0.183 e. The van der Waals surface area contributed by atoms with Crippen LogP contribution in [0.5, 0.6) is 0 Å². The highest BCUT2D eigenvalue weighted by Crippen LogP contribution is 2.02. The van der Waals surface area contributed by atoms with Crippen LogP contribution in [0.4, 0.5) is 0 Å². The third-order valence-electron chi connectivity index (χ3n) is 1.16. The van der Waals surface area contributed by atoms with Gasteiger partial charge in [-0.05, 0) is 19.4 Å². The summed E-state index contributed by atoms with van der Waals surface area (Å²) in [5, 5.41) is 11.5. The molecule has 0 aromatic heterocycles. The number of carbonyl (C=O) groups excluding carboxylic acids is 1. The van der Waals surface area contributed by atoms with Gasteiger partial charge in [0.05, 0.1) is 0 Å². The molecular weight excluding hydrogens is 130 g/mol. The van der Waals surface area contributed by atoms with Crippen molar-refractivity contribution in [2.45, 2.75) is 20.3 Å². The molecule has 3 heteroatoms. The summed E-state index contributed by atoms with van der Waals surface area (Å²) < 4.78 is 0. The minimum absolute atomic E-state index is 0.0549. The Bertz CT molecular complexity index is 161. The molecule has 0 atom stereocenters. The number of Topliss-reactive ketones (excluding diaryl/α,β-unsaturated/α-hetero) is 1. The molecule has 2 N–H and O–H groups in total. The molecule has 10 heavy (non-hydrogen) atoms. The van der Waals surface area contributed by atoms with Gasteiger partial charge in [-0.3, -0.25) is 4.79 Å². The average Bonchev–Trinajstić information content (AvgIpc) is 1.85. The van der Waals surface area contributed by atoms with E-state index in [0.29, 0.717) is 12.0 Å². The van der Waals surface area contributed by atoms with Crippen molar-refractivity contribution in [1.29, 1.82) is 0 Å². The lowest BCUT2D eigenvalue weighted by molar-refractivity contribution is -0.116. The van der Waals surface area contributed by atoms with Crippen molar-refractivity contribution in [3.8, 4) is 0 Å². The highest BCUT2D eigenvalue weighted by atomic mass is 16.3. The predicted octanol–water partition coefficient (Wildman–Crippen LogP) is 0.974. The molecule has 58 valence electrons. The monoisotopic (exact) mass is 143 g/mol. The fourth-order valence-electron chi connectivity index (χ4n) is 0.671. The van der Waals surface area contributed by atoms with Gasteiger partial charge in [-0.15, -0.1) is 0 Å². The van der Waals surface area contributed by atoms with Gasteiger partial charge in [0, 0.05) is 13.5 Å². The summed E-state index contributed by atoms with van der Waals surface area (Å²) in [4.78, 5) is 10.5. The third kappa shape index (κ3) is 3.12. The Balaban J connectivity index is 4.04. The van der Waals surface area contributed by atoms with Crippen molar-refractivity contribution in [3.63, 3.8) is 0 Å². The molecular formula is C7H13NO2. The number of carbonyl (C=O) groups is 1. The van der Waals surface area contributed by atoms with Gasteiger partial charge >= 0.3 is 0 Å². The van der Waals surface area contributed by atoms with E-state index < -0.39 is 0 Å². The summed E-state index contributed by atoms with van der Waals surface area (Å²) in [6.07, 6.45) is 0.312. The summed E-state index contributed by atoms with van der Waals surface area (Å²) in [5.74, 6) is 0.148. The van der Waals surface area contributed by atoms with Gasteiger partial charge in [0.2, 0.25) is 0 Å². The van der Waals surface area contributed by atoms with Crippen LogP contribution in [-0.2, 0) is 4.79 Å². The Morgan fingerprint density at radius 1 is 1.50 bits per heavy atom. The van der Waals surface area contributed by atoms with Crippen LogP contribution >= 0.6 is 0 Å². The standard InChI is InChI=1S/C7H13NO2/c1-5(4-6(2)9)7(10)8-3/h8,10H,4H2,1-3H3.